The summed E-state index contributed by atoms with van der Waals surface area (Å²) >= 11 is 3.46. The Morgan fingerprint density at radius 3 is 3.00 bits per heavy atom. The van der Waals surface area contributed by atoms with Crippen LogP contribution in [0.2, 0.25) is 0 Å². The van der Waals surface area contributed by atoms with Crippen LogP contribution in [0.15, 0.2) is 34.9 Å². The van der Waals surface area contributed by atoms with Crippen LogP contribution in [0.1, 0.15) is 26.7 Å². The molecule has 3 heteroatoms. The van der Waals surface area contributed by atoms with Crippen molar-refractivity contribution in [3.05, 3.63) is 34.9 Å². The maximum absolute atomic E-state index is 4.50. The molecule has 0 bridgehead atoms. The Labute approximate surface area is 117 Å². The molecule has 96 valence electrons. The minimum atomic E-state index is 0.695. The third-order valence-corrected chi connectivity index (χ3v) is 3.53. The number of para-hydroxylation sites is 1. The van der Waals surface area contributed by atoms with Crippen molar-refractivity contribution in [1.82, 2.24) is 4.98 Å². The van der Waals surface area contributed by atoms with Gasteiger partial charge >= 0.3 is 0 Å². The molecule has 1 N–H and O–H groups in total. The van der Waals surface area contributed by atoms with E-state index in [1.807, 2.05) is 6.20 Å². The summed E-state index contributed by atoms with van der Waals surface area (Å²) in [6, 6.07) is 8.36. The Hall–Kier alpha value is -1.09. The molecule has 1 heterocycles. The average Bonchev–Trinajstić information content (AvgIpc) is 2.36. The molecule has 0 aliphatic carbocycles. The predicted molar refractivity (Wildman–Crippen MR) is 82.0 cm³/mol. The minimum absolute atomic E-state index is 0.695. The Bertz CT molecular complexity index is 525. The summed E-state index contributed by atoms with van der Waals surface area (Å²) in [5, 5.41) is 4.68. The number of benzene rings is 1. The van der Waals surface area contributed by atoms with Gasteiger partial charge in [-0.1, -0.05) is 32.4 Å². The van der Waals surface area contributed by atoms with Crippen molar-refractivity contribution in [2.45, 2.75) is 26.7 Å². The van der Waals surface area contributed by atoms with Crippen molar-refractivity contribution < 1.29 is 0 Å². The van der Waals surface area contributed by atoms with Gasteiger partial charge in [0.25, 0.3) is 0 Å². The predicted octanol–water partition coefficient (Wildman–Crippen LogP) is 4.85. The third kappa shape index (κ3) is 3.22. The second-order valence-electron chi connectivity index (χ2n) is 4.81. The molecule has 0 spiro atoms. The molecular formula is C15H19BrN2. The molecule has 1 atom stereocenters. The number of hydrogen-bond donors (Lipinski definition) is 1. The number of hydrogen-bond acceptors (Lipinski definition) is 2. The number of nitrogens with zero attached hydrogens (tertiary/aromatic N) is 1. The summed E-state index contributed by atoms with van der Waals surface area (Å²) in [4.78, 5) is 4.50. The van der Waals surface area contributed by atoms with Gasteiger partial charge in [-0.15, -0.1) is 0 Å². The van der Waals surface area contributed by atoms with Gasteiger partial charge in [0.2, 0.25) is 0 Å². The van der Waals surface area contributed by atoms with Crippen LogP contribution >= 0.6 is 15.9 Å². The highest BCUT2D eigenvalue weighted by molar-refractivity contribution is 9.10. The monoisotopic (exact) mass is 306 g/mol. The first-order valence-corrected chi connectivity index (χ1v) is 7.28. The standard InChI is InChI=1S/C15H19BrN2/c1-3-5-11(2)9-17-14-7-4-6-12-8-13(16)10-18-15(12)14/h4,6-8,10-11,17H,3,5,9H2,1-2H3. The summed E-state index contributed by atoms with van der Waals surface area (Å²) in [7, 11) is 0. The maximum Gasteiger partial charge on any atom is 0.0934 e. The molecule has 0 saturated carbocycles. The maximum atomic E-state index is 4.50. The Balaban J connectivity index is 2.18. The summed E-state index contributed by atoms with van der Waals surface area (Å²) in [6.07, 6.45) is 4.35. The van der Waals surface area contributed by atoms with Crippen LogP contribution in [0.4, 0.5) is 5.69 Å². The zero-order valence-electron chi connectivity index (χ0n) is 10.9. The van der Waals surface area contributed by atoms with E-state index in [2.05, 4.69) is 64.3 Å². The number of fused-ring (bicyclic) bond motifs is 1. The van der Waals surface area contributed by atoms with E-state index in [0.717, 1.165) is 27.6 Å². The second kappa shape index (κ2) is 6.19. The first kappa shape index (κ1) is 13.3. The Kier molecular flexibility index (Phi) is 4.59. The molecule has 2 aromatic rings. The van der Waals surface area contributed by atoms with Crippen LogP contribution < -0.4 is 5.32 Å². The molecule has 0 aliphatic rings. The van der Waals surface area contributed by atoms with Gasteiger partial charge in [-0.3, -0.25) is 4.98 Å². The fraction of sp³-hybridized carbons (Fsp3) is 0.400. The number of pyridine rings is 1. The van der Waals surface area contributed by atoms with E-state index < -0.39 is 0 Å². The van der Waals surface area contributed by atoms with Gasteiger partial charge in [-0.2, -0.15) is 0 Å². The molecule has 2 rings (SSSR count). The molecule has 0 radical (unpaired) electrons. The number of rotatable bonds is 5. The second-order valence-corrected chi connectivity index (χ2v) is 5.72. The minimum Gasteiger partial charge on any atom is -0.383 e. The van der Waals surface area contributed by atoms with Gasteiger partial charge in [-0.25, -0.2) is 0 Å². The van der Waals surface area contributed by atoms with Crippen molar-refractivity contribution in [2.24, 2.45) is 5.92 Å². The van der Waals surface area contributed by atoms with E-state index in [1.165, 1.54) is 12.8 Å². The third-order valence-electron chi connectivity index (χ3n) is 3.10. The van der Waals surface area contributed by atoms with Crippen molar-refractivity contribution in [3.8, 4) is 0 Å². The van der Waals surface area contributed by atoms with Crippen LogP contribution in [-0.2, 0) is 0 Å². The molecular weight excluding hydrogens is 288 g/mol. The largest absolute Gasteiger partial charge is 0.383 e. The van der Waals surface area contributed by atoms with Gasteiger partial charge < -0.3 is 5.32 Å². The lowest BCUT2D eigenvalue weighted by atomic mass is 10.1. The smallest absolute Gasteiger partial charge is 0.0934 e. The number of nitrogens with one attached hydrogen (secondary N) is 1. The number of aromatic nitrogens is 1. The highest BCUT2D eigenvalue weighted by Gasteiger charge is 2.05. The molecule has 0 amide bonds. The van der Waals surface area contributed by atoms with Crippen molar-refractivity contribution in [1.29, 1.82) is 0 Å². The summed E-state index contributed by atoms with van der Waals surface area (Å²) < 4.78 is 1.02. The van der Waals surface area contributed by atoms with Crippen LogP contribution in [0.3, 0.4) is 0 Å². The Morgan fingerprint density at radius 1 is 1.39 bits per heavy atom. The van der Waals surface area contributed by atoms with Gasteiger partial charge in [0.1, 0.15) is 0 Å². The molecule has 0 saturated heterocycles. The van der Waals surface area contributed by atoms with Crippen molar-refractivity contribution in [3.63, 3.8) is 0 Å². The summed E-state index contributed by atoms with van der Waals surface area (Å²) in [5.74, 6) is 0.695. The van der Waals surface area contributed by atoms with E-state index >= 15 is 0 Å². The SMILES string of the molecule is CCCC(C)CNc1cccc2cc(Br)cnc12. The average molecular weight is 307 g/mol. The molecule has 1 aromatic heterocycles. The molecule has 1 unspecified atom stereocenters. The van der Waals surface area contributed by atoms with Crippen LogP contribution in [0.5, 0.6) is 0 Å². The Morgan fingerprint density at radius 2 is 2.22 bits per heavy atom. The molecule has 1 aromatic carbocycles. The lowest BCUT2D eigenvalue weighted by molar-refractivity contribution is 0.551. The summed E-state index contributed by atoms with van der Waals surface area (Å²) in [5.41, 5.74) is 2.17. The highest BCUT2D eigenvalue weighted by atomic mass is 79.9. The fourth-order valence-corrected chi connectivity index (χ4v) is 2.50. The lowest BCUT2D eigenvalue weighted by Gasteiger charge is -2.13. The van der Waals surface area contributed by atoms with Crippen LogP contribution in [0, 0.1) is 5.92 Å². The topological polar surface area (TPSA) is 24.9 Å². The normalized spacial score (nSPS) is 12.6. The fourth-order valence-electron chi connectivity index (χ4n) is 2.16. The number of halogens is 1. The zero-order chi connectivity index (χ0) is 13.0. The molecule has 2 nitrogen and oxygen atoms in total. The molecule has 0 fully saturated rings. The zero-order valence-corrected chi connectivity index (χ0v) is 12.5. The van der Waals surface area contributed by atoms with E-state index in [-0.39, 0.29) is 0 Å². The first-order valence-electron chi connectivity index (χ1n) is 6.49. The quantitative estimate of drug-likeness (QED) is 0.854. The first-order chi connectivity index (χ1) is 8.70. The van der Waals surface area contributed by atoms with Crippen molar-refractivity contribution >= 4 is 32.5 Å². The van der Waals surface area contributed by atoms with Gasteiger partial charge in [-0.05, 0) is 40.4 Å². The summed E-state index contributed by atoms with van der Waals surface area (Å²) in [6.45, 7) is 5.52. The van der Waals surface area contributed by atoms with Gasteiger partial charge in [0, 0.05) is 22.6 Å². The van der Waals surface area contributed by atoms with E-state index in [0.29, 0.717) is 5.92 Å². The van der Waals surface area contributed by atoms with Crippen molar-refractivity contribution in [2.75, 3.05) is 11.9 Å². The highest BCUT2D eigenvalue weighted by Crippen LogP contribution is 2.24. The molecule has 18 heavy (non-hydrogen) atoms. The van der Waals surface area contributed by atoms with Crippen LogP contribution in [0.25, 0.3) is 10.9 Å². The molecule has 0 aliphatic heterocycles. The van der Waals surface area contributed by atoms with Gasteiger partial charge in [0.05, 0.1) is 11.2 Å². The van der Waals surface area contributed by atoms with E-state index in [4.69, 9.17) is 0 Å². The van der Waals surface area contributed by atoms with E-state index in [9.17, 15) is 0 Å². The number of anilines is 1. The van der Waals surface area contributed by atoms with E-state index in [1.54, 1.807) is 0 Å². The lowest BCUT2D eigenvalue weighted by Crippen LogP contribution is -2.11. The van der Waals surface area contributed by atoms with Gasteiger partial charge in [0.15, 0.2) is 0 Å². The van der Waals surface area contributed by atoms with Crippen LogP contribution in [-0.4, -0.2) is 11.5 Å².